The molecule has 0 unspecified atom stereocenters. The zero-order valence-electron chi connectivity index (χ0n) is 12.0. The molecule has 1 N–H and O–H groups in total. The van der Waals surface area contributed by atoms with E-state index in [0.717, 1.165) is 0 Å². The number of carbonyl (C=O) groups excluding carboxylic acids is 1. The van der Waals surface area contributed by atoms with Gasteiger partial charge in [-0.25, -0.2) is 4.39 Å². The van der Waals surface area contributed by atoms with E-state index in [9.17, 15) is 14.0 Å². The van der Waals surface area contributed by atoms with Crippen molar-refractivity contribution in [1.29, 1.82) is 0 Å². The number of carboxylic acid groups (broad SMARTS) is 1. The third kappa shape index (κ3) is 2.52. The van der Waals surface area contributed by atoms with Gasteiger partial charge in [-0.3, -0.25) is 14.6 Å². The first-order chi connectivity index (χ1) is 10.5. The van der Waals surface area contributed by atoms with E-state index in [2.05, 4.69) is 4.98 Å². The molecule has 0 spiro atoms. The number of nitrogens with zero attached hydrogens (tertiary/aromatic N) is 2. The zero-order chi connectivity index (χ0) is 15.9. The Kier molecular flexibility index (Phi) is 3.52. The average molecular weight is 302 g/mol. The Morgan fingerprint density at radius 1 is 1.36 bits per heavy atom. The third-order valence-electron chi connectivity index (χ3n) is 4.03. The van der Waals surface area contributed by atoms with Gasteiger partial charge in [-0.05, 0) is 31.5 Å². The van der Waals surface area contributed by atoms with Gasteiger partial charge in [0.05, 0.1) is 22.7 Å². The number of rotatable bonds is 2. The highest BCUT2D eigenvalue weighted by Gasteiger charge is 2.32. The predicted octanol–water partition coefficient (Wildman–Crippen LogP) is 2.23. The van der Waals surface area contributed by atoms with Crippen LogP contribution in [0.25, 0.3) is 10.9 Å². The van der Waals surface area contributed by atoms with Crippen molar-refractivity contribution in [1.82, 2.24) is 9.88 Å². The molecule has 0 aliphatic carbocycles. The first-order valence-corrected chi connectivity index (χ1v) is 7.04. The molecule has 1 saturated heterocycles. The second kappa shape index (κ2) is 5.36. The maximum Gasteiger partial charge on any atom is 0.308 e. The van der Waals surface area contributed by atoms with Crippen LogP contribution in [0.1, 0.15) is 22.5 Å². The molecule has 1 aromatic heterocycles. The van der Waals surface area contributed by atoms with E-state index >= 15 is 0 Å². The summed E-state index contributed by atoms with van der Waals surface area (Å²) in [7, 11) is 0. The molecule has 1 aliphatic rings. The van der Waals surface area contributed by atoms with Crippen LogP contribution < -0.4 is 0 Å². The summed E-state index contributed by atoms with van der Waals surface area (Å²) >= 11 is 0. The molecule has 5 nitrogen and oxygen atoms in total. The normalized spacial score (nSPS) is 17.9. The van der Waals surface area contributed by atoms with Crippen LogP contribution in [0.15, 0.2) is 24.3 Å². The molecule has 0 radical (unpaired) electrons. The minimum Gasteiger partial charge on any atom is -0.481 e. The Morgan fingerprint density at radius 3 is 2.82 bits per heavy atom. The first kappa shape index (κ1) is 14.4. The van der Waals surface area contributed by atoms with Crippen molar-refractivity contribution in [3.05, 3.63) is 41.3 Å². The van der Waals surface area contributed by atoms with E-state index in [4.69, 9.17) is 5.11 Å². The molecule has 1 amide bonds. The van der Waals surface area contributed by atoms with Crippen molar-refractivity contribution in [3.8, 4) is 0 Å². The number of carboxylic acids is 1. The molecule has 1 atom stereocenters. The number of hydrogen-bond acceptors (Lipinski definition) is 3. The summed E-state index contributed by atoms with van der Waals surface area (Å²) in [6.45, 7) is 2.34. The van der Waals surface area contributed by atoms with Gasteiger partial charge in [0.15, 0.2) is 0 Å². The largest absolute Gasteiger partial charge is 0.481 e. The number of amides is 1. The van der Waals surface area contributed by atoms with Gasteiger partial charge in [0.2, 0.25) is 0 Å². The maximum absolute atomic E-state index is 13.2. The Balaban J connectivity index is 1.93. The van der Waals surface area contributed by atoms with Gasteiger partial charge in [-0.15, -0.1) is 0 Å². The number of carbonyl (C=O) groups is 2. The Bertz CT molecular complexity index is 775. The van der Waals surface area contributed by atoms with Crippen molar-refractivity contribution in [2.75, 3.05) is 13.1 Å². The number of fused-ring (bicyclic) bond motifs is 1. The summed E-state index contributed by atoms with van der Waals surface area (Å²) in [4.78, 5) is 29.4. The number of pyridine rings is 1. The highest BCUT2D eigenvalue weighted by atomic mass is 19.1. The summed E-state index contributed by atoms with van der Waals surface area (Å²) in [5, 5.41) is 9.70. The van der Waals surface area contributed by atoms with E-state index in [1.165, 1.54) is 17.0 Å². The number of likely N-dealkylation sites (tertiary alicyclic amines) is 1. The monoisotopic (exact) mass is 302 g/mol. The number of hydrogen-bond donors (Lipinski definition) is 1. The lowest BCUT2D eigenvalue weighted by atomic mass is 10.1. The molecule has 22 heavy (non-hydrogen) atoms. The van der Waals surface area contributed by atoms with Crippen LogP contribution in [-0.4, -0.2) is 40.0 Å². The summed E-state index contributed by atoms with van der Waals surface area (Å²) in [5.41, 5.74) is 1.45. The molecule has 114 valence electrons. The molecule has 1 aliphatic heterocycles. The number of benzene rings is 1. The van der Waals surface area contributed by atoms with Crippen molar-refractivity contribution in [2.24, 2.45) is 5.92 Å². The highest BCUT2D eigenvalue weighted by molar-refractivity contribution is 5.99. The standard InChI is InChI=1S/C16H15FN2O3/c1-9-13(6-10-2-3-12(17)7-14(10)18-9)15(20)19-5-4-11(8-19)16(21)22/h2-3,6-7,11H,4-5,8H2,1H3,(H,21,22)/t11-/m0/s1. The fourth-order valence-corrected chi connectivity index (χ4v) is 2.77. The molecule has 0 bridgehead atoms. The van der Waals surface area contributed by atoms with Crippen LogP contribution in [0.3, 0.4) is 0 Å². The lowest BCUT2D eigenvalue weighted by Crippen LogP contribution is -2.30. The van der Waals surface area contributed by atoms with Crippen LogP contribution in [0.2, 0.25) is 0 Å². The number of aliphatic carboxylic acids is 1. The zero-order valence-corrected chi connectivity index (χ0v) is 12.0. The topological polar surface area (TPSA) is 70.5 Å². The minimum atomic E-state index is -0.876. The Labute approximate surface area is 126 Å². The number of aryl methyl sites for hydroxylation is 1. The number of aromatic nitrogens is 1. The molecule has 2 heterocycles. The quantitative estimate of drug-likeness (QED) is 0.923. The Hall–Kier alpha value is -2.50. The summed E-state index contributed by atoms with van der Waals surface area (Å²) in [5.74, 6) is -1.98. The molecular formula is C16H15FN2O3. The lowest BCUT2D eigenvalue weighted by molar-refractivity contribution is -0.141. The van der Waals surface area contributed by atoms with Crippen molar-refractivity contribution < 1.29 is 19.1 Å². The highest BCUT2D eigenvalue weighted by Crippen LogP contribution is 2.23. The van der Waals surface area contributed by atoms with Crippen molar-refractivity contribution in [3.63, 3.8) is 0 Å². The molecular weight excluding hydrogens is 287 g/mol. The molecule has 0 saturated carbocycles. The summed E-state index contributed by atoms with van der Waals surface area (Å²) in [6, 6.07) is 5.92. The number of halogens is 1. The second-order valence-corrected chi connectivity index (χ2v) is 5.53. The summed E-state index contributed by atoms with van der Waals surface area (Å²) in [6.07, 6.45) is 0.465. The second-order valence-electron chi connectivity index (χ2n) is 5.53. The van der Waals surface area contributed by atoms with Gasteiger partial charge >= 0.3 is 5.97 Å². The van der Waals surface area contributed by atoms with E-state index < -0.39 is 11.9 Å². The van der Waals surface area contributed by atoms with Crippen LogP contribution >= 0.6 is 0 Å². The molecule has 6 heteroatoms. The van der Waals surface area contributed by atoms with Crippen LogP contribution in [-0.2, 0) is 4.79 Å². The van der Waals surface area contributed by atoms with Gasteiger partial charge in [0.1, 0.15) is 5.82 Å². The van der Waals surface area contributed by atoms with Crippen LogP contribution in [0, 0.1) is 18.7 Å². The maximum atomic E-state index is 13.2. The lowest BCUT2D eigenvalue weighted by Gasteiger charge is -2.17. The predicted molar refractivity (Wildman–Crippen MR) is 78.1 cm³/mol. The smallest absolute Gasteiger partial charge is 0.308 e. The van der Waals surface area contributed by atoms with Gasteiger partial charge in [-0.2, -0.15) is 0 Å². The molecule has 2 aromatic rings. The van der Waals surface area contributed by atoms with E-state index in [1.54, 1.807) is 19.1 Å². The van der Waals surface area contributed by atoms with Gasteiger partial charge in [-0.1, -0.05) is 0 Å². The van der Waals surface area contributed by atoms with Gasteiger partial charge in [0, 0.05) is 24.5 Å². The molecule has 3 rings (SSSR count). The molecule has 1 aromatic carbocycles. The van der Waals surface area contributed by atoms with E-state index in [-0.39, 0.29) is 18.3 Å². The van der Waals surface area contributed by atoms with Gasteiger partial charge in [0.25, 0.3) is 5.91 Å². The van der Waals surface area contributed by atoms with E-state index in [0.29, 0.717) is 35.1 Å². The Morgan fingerprint density at radius 2 is 2.14 bits per heavy atom. The molecule has 1 fully saturated rings. The van der Waals surface area contributed by atoms with Crippen molar-refractivity contribution >= 4 is 22.8 Å². The van der Waals surface area contributed by atoms with Crippen LogP contribution in [0.4, 0.5) is 4.39 Å². The van der Waals surface area contributed by atoms with Crippen LogP contribution in [0.5, 0.6) is 0 Å². The van der Waals surface area contributed by atoms with E-state index in [1.807, 2.05) is 0 Å². The fourth-order valence-electron chi connectivity index (χ4n) is 2.77. The van der Waals surface area contributed by atoms with Gasteiger partial charge < -0.3 is 10.0 Å². The van der Waals surface area contributed by atoms with Crippen molar-refractivity contribution in [2.45, 2.75) is 13.3 Å². The SMILES string of the molecule is Cc1nc2cc(F)ccc2cc1C(=O)N1CC[C@H](C(=O)O)C1. The minimum absolute atomic E-state index is 0.217. The first-order valence-electron chi connectivity index (χ1n) is 7.04. The summed E-state index contributed by atoms with van der Waals surface area (Å²) < 4.78 is 13.2. The fraction of sp³-hybridized carbons (Fsp3) is 0.312. The third-order valence-corrected chi connectivity index (χ3v) is 4.03. The average Bonchev–Trinajstić information content (AvgIpc) is 2.95.